The molecule has 20 heavy (non-hydrogen) atoms. The van der Waals surface area contributed by atoms with E-state index in [4.69, 9.17) is 10.3 Å². The van der Waals surface area contributed by atoms with Crippen LogP contribution >= 0.6 is 0 Å². The molecular formula is C16H17N3O. The van der Waals surface area contributed by atoms with Gasteiger partial charge < -0.3 is 10.3 Å². The Hall–Kier alpha value is -2.20. The van der Waals surface area contributed by atoms with Crippen LogP contribution in [0, 0.1) is 0 Å². The number of hydrogen-bond acceptors (Lipinski definition) is 4. The highest BCUT2D eigenvalue weighted by Crippen LogP contribution is 2.26. The van der Waals surface area contributed by atoms with Crippen molar-refractivity contribution in [3.05, 3.63) is 48.4 Å². The van der Waals surface area contributed by atoms with Crippen molar-refractivity contribution in [1.29, 1.82) is 0 Å². The Morgan fingerprint density at radius 1 is 1.10 bits per heavy atom. The van der Waals surface area contributed by atoms with Gasteiger partial charge in [0.1, 0.15) is 0 Å². The molecule has 2 aromatic carbocycles. The van der Waals surface area contributed by atoms with Crippen LogP contribution in [0.5, 0.6) is 0 Å². The molecule has 0 bridgehead atoms. The van der Waals surface area contributed by atoms with Crippen molar-refractivity contribution in [2.75, 3.05) is 0 Å². The average Bonchev–Trinajstić information content (AvgIpc) is 2.84. The molecule has 2 N–H and O–H groups in total. The molecule has 102 valence electrons. The normalized spacial score (nSPS) is 11.9. The zero-order valence-electron chi connectivity index (χ0n) is 11.6. The second-order valence-electron chi connectivity index (χ2n) is 5.70. The summed E-state index contributed by atoms with van der Waals surface area (Å²) < 4.78 is 5.30. The fourth-order valence-electron chi connectivity index (χ4n) is 2.25. The lowest BCUT2D eigenvalue weighted by Gasteiger charge is -2.14. The van der Waals surface area contributed by atoms with Gasteiger partial charge in [0.2, 0.25) is 11.7 Å². The summed E-state index contributed by atoms with van der Waals surface area (Å²) in [5.74, 6) is 1.18. The molecule has 0 radical (unpaired) electrons. The van der Waals surface area contributed by atoms with Gasteiger partial charge in [0.15, 0.2) is 0 Å². The summed E-state index contributed by atoms with van der Waals surface area (Å²) >= 11 is 0. The maximum atomic E-state index is 5.98. The lowest BCUT2D eigenvalue weighted by molar-refractivity contribution is 0.348. The Labute approximate surface area is 117 Å². The molecular weight excluding hydrogens is 250 g/mol. The van der Waals surface area contributed by atoms with Gasteiger partial charge in [-0.2, -0.15) is 4.98 Å². The van der Waals surface area contributed by atoms with Crippen LogP contribution in [0.1, 0.15) is 19.7 Å². The molecule has 0 fully saturated rings. The van der Waals surface area contributed by atoms with Crippen molar-refractivity contribution >= 4 is 10.8 Å². The maximum absolute atomic E-state index is 5.98. The Bertz CT molecular complexity index is 735. The predicted molar refractivity (Wildman–Crippen MR) is 79.2 cm³/mol. The van der Waals surface area contributed by atoms with E-state index >= 15 is 0 Å². The molecule has 0 aliphatic heterocycles. The molecule has 3 aromatic rings. The van der Waals surface area contributed by atoms with E-state index in [1.54, 1.807) is 0 Å². The summed E-state index contributed by atoms with van der Waals surface area (Å²) in [6.07, 6.45) is 0.560. The first-order chi connectivity index (χ1) is 9.53. The topological polar surface area (TPSA) is 64.9 Å². The zero-order valence-corrected chi connectivity index (χ0v) is 11.6. The first-order valence-electron chi connectivity index (χ1n) is 6.62. The fraction of sp³-hybridized carbons (Fsp3) is 0.250. The largest absolute Gasteiger partial charge is 0.339 e. The van der Waals surface area contributed by atoms with Gasteiger partial charge in [0, 0.05) is 17.5 Å². The van der Waals surface area contributed by atoms with E-state index in [2.05, 4.69) is 28.3 Å². The van der Waals surface area contributed by atoms with Gasteiger partial charge in [-0.15, -0.1) is 0 Å². The van der Waals surface area contributed by atoms with Gasteiger partial charge in [-0.05, 0) is 24.6 Å². The van der Waals surface area contributed by atoms with Crippen molar-refractivity contribution in [1.82, 2.24) is 10.1 Å². The Balaban J connectivity index is 2.04. The van der Waals surface area contributed by atoms with E-state index in [1.807, 2.05) is 38.1 Å². The molecule has 0 amide bonds. The molecule has 4 heteroatoms. The van der Waals surface area contributed by atoms with Crippen LogP contribution in [0.4, 0.5) is 0 Å². The Morgan fingerprint density at radius 2 is 1.85 bits per heavy atom. The Kier molecular flexibility index (Phi) is 3.03. The molecule has 3 rings (SSSR count). The average molecular weight is 267 g/mol. The van der Waals surface area contributed by atoms with Crippen molar-refractivity contribution in [3.8, 4) is 11.4 Å². The number of aromatic nitrogens is 2. The van der Waals surface area contributed by atoms with Crippen molar-refractivity contribution in [3.63, 3.8) is 0 Å². The number of benzene rings is 2. The lowest BCUT2D eigenvalue weighted by Crippen LogP contribution is -2.34. The van der Waals surface area contributed by atoms with Crippen LogP contribution in [-0.4, -0.2) is 15.7 Å². The minimum absolute atomic E-state index is 0.359. The summed E-state index contributed by atoms with van der Waals surface area (Å²) in [4.78, 5) is 4.46. The number of rotatable bonds is 3. The van der Waals surface area contributed by atoms with E-state index in [1.165, 1.54) is 0 Å². The summed E-state index contributed by atoms with van der Waals surface area (Å²) in [5, 5.41) is 6.36. The SMILES string of the molecule is CC(C)(N)Cc1nc(-c2cccc3ccccc23)no1. The number of hydrogen-bond donors (Lipinski definition) is 1. The maximum Gasteiger partial charge on any atom is 0.228 e. The summed E-state index contributed by atoms with van der Waals surface area (Å²) in [5.41, 5.74) is 6.60. The quantitative estimate of drug-likeness (QED) is 0.791. The molecule has 0 unspecified atom stereocenters. The van der Waals surface area contributed by atoms with Crippen LogP contribution in [0.15, 0.2) is 47.0 Å². The van der Waals surface area contributed by atoms with Crippen LogP contribution in [0.25, 0.3) is 22.2 Å². The van der Waals surface area contributed by atoms with Gasteiger partial charge in [-0.25, -0.2) is 0 Å². The number of nitrogens with two attached hydrogens (primary N) is 1. The molecule has 0 saturated heterocycles. The standard InChI is InChI=1S/C16H17N3O/c1-16(2,17)10-14-18-15(19-20-14)13-9-5-7-11-6-3-4-8-12(11)13/h3-9H,10,17H2,1-2H3. The second-order valence-corrected chi connectivity index (χ2v) is 5.70. The first kappa shape index (κ1) is 12.8. The van der Waals surface area contributed by atoms with Crippen LogP contribution in [0.3, 0.4) is 0 Å². The molecule has 0 saturated carbocycles. The smallest absolute Gasteiger partial charge is 0.228 e. The number of fused-ring (bicyclic) bond motifs is 1. The third-order valence-electron chi connectivity index (χ3n) is 3.11. The summed E-state index contributed by atoms with van der Waals surface area (Å²) in [6.45, 7) is 3.88. The highest BCUT2D eigenvalue weighted by molar-refractivity contribution is 5.94. The first-order valence-corrected chi connectivity index (χ1v) is 6.62. The van der Waals surface area contributed by atoms with Gasteiger partial charge in [-0.3, -0.25) is 0 Å². The zero-order chi connectivity index (χ0) is 14.2. The second kappa shape index (κ2) is 4.72. The molecule has 4 nitrogen and oxygen atoms in total. The minimum Gasteiger partial charge on any atom is -0.339 e. The van der Waals surface area contributed by atoms with E-state index < -0.39 is 0 Å². The summed E-state index contributed by atoms with van der Waals surface area (Å²) in [6, 6.07) is 14.2. The van der Waals surface area contributed by atoms with Crippen LogP contribution in [0.2, 0.25) is 0 Å². The van der Waals surface area contributed by atoms with Gasteiger partial charge in [0.05, 0.1) is 0 Å². The third-order valence-corrected chi connectivity index (χ3v) is 3.11. The highest BCUT2D eigenvalue weighted by Gasteiger charge is 2.18. The monoisotopic (exact) mass is 267 g/mol. The highest BCUT2D eigenvalue weighted by atomic mass is 16.5. The van der Waals surface area contributed by atoms with Gasteiger partial charge >= 0.3 is 0 Å². The molecule has 0 spiro atoms. The van der Waals surface area contributed by atoms with Gasteiger partial charge in [-0.1, -0.05) is 47.6 Å². The molecule has 1 heterocycles. The fourth-order valence-corrected chi connectivity index (χ4v) is 2.25. The predicted octanol–water partition coefficient (Wildman–Crippen LogP) is 3.17. The van der Waals surface area contributed by atoms with Crippen LogP contribution in [-0.2, 0) is 6.42 Å². The molecule has 0 aliphatic rings. The van der Waals surface area contributed by atoms with Crippen molar-refractivity contribution in [2.45, 2.75) is 25.8 Å². The summed E-state index contributed by atoms with van der Waals surface area (Å²) in [7, 11) is 0. The minimum atomic E-state index is -0.359. The van der Waals surface area contributed by atoms with E-state index in [0.717, 1.165) is 16.3 Å². The van der Waals surface area contributed by atoms with Crippen molar-refractivity contribution in [2.24, 2.45) is 5.73 Å². The molecule has 1 aromatic heterocycles. The van der Waals surface area contributed by atoms with E-state index in [9.17, 15) is 0 Å². The van der Waals surface area contributed by atoms with Crippen molar-refractivity contribution < 1.29 is 4.52 Å². The molecule has 0 atom stereocenters. The van der Waals surface area contributed by atoms with E-state index in [-0.39, 0.29) is 5.54 Å². The molecule has 0 aliphatic carbocycles. The lowest BCUT2D eigenvalue weighted by atomic mass is 10.0. The Morgan fingerprint density at radius 3 is 2.65 bits per heavy atom. The number of nitrogens with zero attached hydrogens (tertiary/aromatic N) is 2. The third kappa shape index (κ3) is 2.56. The van der Waals surface area contributed by atoms with Crippen LogP contribution < -0.4 is 5.73 Å². The van der Waals surface area contributed by atoms with Gasteiger partial charge in [0.25, 0.3) is 0 Å². The van der Waals surface area contributed by atoms with E-state index in [0.29, 0.717) is 18.1 Å².